The van der Waals surface area contributed by atoms with Crippen molar-refractivity contribution in [2.75, 3.05) is 33.4 Å². The first-order valence-corrected chi connectivity index (χ1v) is 8.96. The molecule has 1 heterocycles. The molecule has 0 spiro atoms. The maximum Gasteiger partial charge on any atom is 0.338 e. The van der Waals surface area contributed by atoms with E-state index in [-0.39, 0.29) is 11.9 Å². The molecule has 1 aromatic rings. The fourth-order valence-corrected chi connectivity index (χ4v) is 3.22. The third kappa shape index (κ3) is 4.12. The van der Waals surface area contributed by atoms with Crippen molar-refractivity contribution >= 4 is 11.9 Å². The maximum absolute atomic E-state index is 12.9. The lowest BCUT2D eigenvalue weighted by atomic mass is 9.86. The number of ether oxygens (including phenoxy) is 2. The van der Waals surface area contributed by atoms with Gasteiger partial charge in [-0.3, -0.25) is 4.79 Å². The zero-order valence-corrected chi connectivity index (χ0v) is 14.9. The van der Waals surface area contributed by atoms with Crippen molar-refractivity contribution in [1.29, 1.82) is 0 Å². The van der Waals surface area contributed by atoms with Gasteiger partial charge in [-0.25, -0.2) is 4.79 Å². The molecule has 1 amide bonds. The third-order valence-corrected chi connectivity index (χ3v) is 5.05. The predicted molar refractivity (Wildman–Crippen MR) is 94.0 cm³/mol. The van der Waals surface area contributed by atoms with E-state index < -0.39 is 5.97 Å². The molecule has 1 aliphatic heterocycles. The smallest absolute Gasteiger partial charge is 0.338 e. The van der Waals surface area contributed by atoms with Crippen LogP contribution in [0.1, 0.15) is 46.9 Å². The Bertz CT molecular complexity index is 642. The number of carbonyl (C=O) groups is 2. The maximum atomic E-state index is 12.9. The molecular weight excluding hydrogens is 320 g/mol. The van der Waals surface area contributed by atoms with E-state index in [4.69, 9.17) is 9.47 Å². The second-order valence-corrected chi connectivity index (χ2v) is 6.90. The number of nitrogens with one attached hydrogen (secondary N) is 1. The Labute approximate surface area is 148 Å². The Morgan fingerprint density at radius 1 is 1.24 bits per heavy atom. The van der Waals surface area contributed by atoms with E-state index >= 15 is 0 Å². The number of nitrogens with zero attached hydrogens (tertiary/aromatic N) is 1. The average molecular weight is 346 g/mol. The fourth-order valence-electron chi connectivity index (χ4n) is 3.22. The molecule has 1 aliphatic carbocycles. The van der Waals surface area contributed by atoms with Crippen LogP contribution in [-0.4, -0.2) is 56.2 Å². The highest BCUT2D eigenvalue weighted by molar-refractivity contribution is 5.98. The molecule has 6 heteroatoms. The number of rotatable bonds is 5. The predicted octanol–water partition coefficient (Wildman–Crippen LogP) is 2.09. The largest absolute Gasteiger partial charge is 0.493 e. The average Bonchev–Trinajstić information content (AvgIpc) is 2.59. The fraction of sp³-hybridized carbons (Fsp3) is 0.579. The Morgan fingerprint density at radius 2 is 2.00 bits per heavy atom. The number of methoxy groups -OCH3 is 1. The molecule has 0 radical (unpaired) electrons. The highest BCUT2D eigenvalue weighted by Crippen LogP contribution is 2.28. The SMILES string of the molecule is COC(=O)c1cc(OCC2CCC2)cc(C(=O)N2CCNC[C@H]2C)c1. The molecule has 0 unspecified atom stereocenters. The van der Waals surface area contributed by atoms with Gasteiger partial charge in [-0.15, -0.1) is 0 Å². The van der Waals surface area contributed by atoms with E-state index in [9.17, 15) is 9.59 Å². The number of amides is 1. The van der Waals surface area contributed by atoms with E-state index in [2.05, 4.69) is 5.32 Å². The number of carbonyl (C=O) groups excluding carboxylic acids is 2. The van der Waals surface area contributed by atoms with Crippen molar-refractivity contribution < 1.29 is 19.1 Å². The summed E-state index contributed by atoms with van der Waals surface area (Å²) < 4.78 is 10.7. The van der Waals surface area contributed by atoms with Crippen LogP contribution in [0.2, 0.25) is 0 Å². The second kappa shape index (κ2) is 7.87. The molecule has 0 bridgehead atoms. The van der Waals surface area contributed by atoms with E-state index in [1.165, 1.54) is 26.4 Å². The number of hydrogen-bond acceptors (Lipinski definition) is 5. The highest BCUT2D eigenvalue weighted by Gasteiger charge is 2.26. The summed E-state index contributed by atoms with van der Waals surface area (Å²) in [6.45, 7) is 4.84. The third-order valence-electron chi connectivity index (χ3n) is 5.05. The summed E-state index contributed by atoms with van der Waals surface area (Å²) in [5.74, 6) is 0.597. The summed E-state index contributed by atoms with van der Waals surface area (Å²) in [4.78, 5) is 26.7. The van der Waals surface area contributed by atoms with Crippen LogP contribution in [0.15, 0.2) is 18.2 Å². The summed E-state index contributed by atoms with van der Waals surface area (Å²) in [7, 11) is 1.34. The van der Waals surface area contributed by atoms with Crippen molar-refractivity contribution in [2.45, 2.75) is 32.2 Å². The molecule has 25 heavy (non-hydrogen) atoms. The Hall–Kier alpha value is -2.08. The van der Waals surface area contributed by atoms with Gasteiger partial charge in [0.05, 0.1) is 19.3 Å². The van der Waals surface area contributed by atoms with Gasteiger partial charge in [-0.05, 0) is 43.9 Å². The molecule has 2 aliphatic rings. The molecule has 6 nitrogen and oxygen atoms in total. The minimum atomic E-state index is -0.462. The van der Waals surface area contributed by atoms with Crippen LogP contribution >= 0.6 is 0 Å². The van der Waals surface area contributed by atoms with Crippen LogP contribution in [0, 0.1) is 5.92 Å². The molecular formula is C19H26N2O4. The van der Waals surface area contributed by atoms with E-state index in [0.29, 0.717) is 35.9 Å². The molecule has 1 saturated carbocycles. The van der Waals surface area contributed by atoms with Crippen LogP contribution in [0.3, 0.4) is 0 Å². The lowest BCUT2D eigenvalue weighted by molar-refractivity contribution is 0.0600. The van der Waals surface area contributed by atoms with Gasteiger partial charge in [0.15, 0.2) is 0 Å². The van der Waals surface area contributed by atoms with Gasteiger partial charge in [0.2, 0.25) is 0 Å². The molecule has 3 rings (SSSR count). The first-order valence-electron chi connectivity index (χ1n) is 8.96. The van der Waals surface area contributed by atoms with Gasteiger partial charge in [0.1, 0.15) is 5.75 Å². The van der Waals surface area contributed by atoms with Crippen LogP contribution in [0.25, 0.3) is 0 Å². The van der Waals surface area contributed by atoms with E-state index in [1.807, 2.05) is 11.8 Å². The number of piperazine rings is 1. The first-order chi connectivity index (χ1) is 12.1. The Balaban J connectivity index is 1.82. The first kappa shape index (κ1) is 17.7. The normalized spacial score (nSPS) is 20.7. The molecule has 1 atom stereocenters. The quantitative estimate of drug-likeness (QED) is 0.827. The lowest BCUT2D eigenvalue weighted by Crippen LogP contribution is -2.52. The van der Waals surface area contributed by atoms with Crippen molar-refractivity contribution in [3.05, 3.63) is 29.3 Å². The molecule has 136 valence electrons. The van der Waals surface area contributed by atoms with Gasteiger partial charge in [-0.1, -0.05) is 6.42 Å². The standard InChI is InChI=1S/C19H26N2O4/c1-13-11-20-6-7-21(13)18(22)15-8-16(19(23)24-2)10-17(9-15)25-12-14-4-3-5-14/h8-10,13-14,20H,3-7,11-12H2,1-2H3/t13-/m1/s1. The van der Waals surface area contributed by atoms with Crippen molar-refractivity contribution in [3.63, 3.8) is 0 Å². The summed E-state index contributed by atoms with van der Waals surface area (Å²) >= 11 is 0. The molecule has 0 aromatic heterocycles. The van der Waals surface area contributed by atoms with E-state index in [0.717, 1.165) is 13.1 Å². The Kier molecular flexibility index (Phi) is 5.58. The van der Waals surface area contributed by atoms with Crippen molar-refractivity contribution in [1.82, 2.24) is 10.2 Å². The van der Waals surface area contributed by atoms with Crippen LogP contribution in [0.5, 0.6) is 5.75 Å². The zero-order valence-electron chi connectivity index (χ0n) is 14.9. The molecule has 1 N–H and O–H groups in total. The number of hydrogen-bond donors (Lipinski definition) is 1. The van der Waals surface area contributed by atoms with Crippen LogP contribution in [0.4, 0.5) is 0 Å². The van der Waals surface area contributed by atoms with Gasteiger partial charge >= 0.3 is 5.97 Å². The molecule has 1 aromatic carbocycles. The second-order valence-electron chi connectivity index (χ2n) is 6.90. The molecule has 2 fully saturated rings. The summed E-state index contributed by atoms with van der Waals surface area (Å²) in [5, 5.41) is 3.27. The number of benzene rings is 1. The van der Waals surface area contributed by atoms with Gasteiger partial charge in [-0.2, -0.15) is 0 Å². The summed E-state index contributed by atoms with van der Waals surface area (Å²) in [5.41, 5.74) is 0.819. The number of esters is 1. The van der Waals surface area contributed by atoms with Crippen LogP contribution < -0.4 is 10.1 Å². The minimum absolute atomic E-state index is 0.0757. The Morgan fingerprint density at radius 3 is 2.64 bits per heavy atom. The lowest BCUT2D eigenvalue weighted by Gasteiger charge is -2.34. The minimum Gasteiger partial charge on any atom is -0.493 e. The van der Waals surface area contributed by atoms with E-state index in [1.54, 1.807) is 18.2 Å². The van der Waals surface area contributed by atoms with Crippen molar-refractivity contribution in [3.8, 4) is 5.75 Å². The van der Waals surface area contributed by atoms with Gasteiger partial charge < -0.3 is 19.7 Å². The van der Waals surface area contributed by atoms with Crippen molar-refractivity contribution in [2.24, 2.45) is 5.92 Å². The summed E-state index contributed by atoms with van der Waals surface area (Å²) in [6, 6.07) is 5.10. The van der Waals surface area contributed by atoms with Gasteiger partial charge in [0, 0.05) is 31.2 Å². The molecule has 1 saturated heterocycles. The van der Waals surface area contributed by atoms with Gasteiger partial charge in [0.25, 0.3) is 5.91 Å². The topological polar surface area (TPSA) is 67.9 Å². The van der Waals surface area contributed by atoms with Crippen LogP contribution in [-0.2, 0) is 4.74 Å². The highest BCUT2D eigenvalue weighted by atomic mass is 16.5. The zero-order chi connectivity index (χ0) is 17.8. The summed E-state index contributed by atoms with van der Waals surface area (Å²) in [6.07, 6.45) is 3.61. The monoisotopic (exact) mass is 346 g/mol.